The van der Waals surface area contributed by atoms with E-state index in [1.54, 1.807) is 5.32 Å². The number of likely N-dealkylation sites (tertiary alicyclic amines) is 1. The zero-order chi connectivity index (χ0) is 22.7. The second-order valence-electron chi connectivity index (χ2n) is 7.85. The number of amides is 3. The van der Waals surface area contributed by atoms with Crippen LogP contribution in [0.25, 0.3) is 0 Å². The van der Waals surface area contributed by atoms with E-state index in [4.69, 9.17) is 0 Å². The lowest BCUT2D eigenvalue weighted by Crippen LogP contribution is -2.35. The molecular formula is C20H16F6N2O3. The number of carbonyl (C=O) groups is 3. The molecule has 1 aromatic rings. The van der Waals surface area contributed by atoms with Crippen LogP contribution in [-0.2, 0) is 26.7 Å². The molecule has 4 atom stereocenters. The summed E-state index contributed by atoms with van der Waals surface area (Å²) in [7, 11) is 0. The summed E-state index contributed by atoms with van der Waals surface area (Å²) in [5.41, 5.74) is -4.67. The van der Waals surface area contributed by atoms with Crippen LogP contribution in [-0.4, -0.2) is 29.2 Å². The number of halogens is 6. The number of benzene rings is 1. The van der Waals surface area contributed by atoms with Gasteiger partial charge in [0, 0.05) is 13.0 Å². The summed E-state index contributed by atoms with van der Waals surface area (Å²) in [6, 6.07) is 1.47. The van der Waals surface area contributed by atoms with Crippen LogP contribution in [0.3, 0.4) is 0 Å². The Morgan fingerprint density at radius 3 is 1.87 bits per heavy atom. The molecule has 2 fully saturated rings. The molecule has 1 aromatic carbocycles. The number of hydrogen-bond acceptors (Lipinski definition) is 3. The normalized spacial score (nSPS) is 27.2. The van der Waals surface area contributed by atoms with Gasteiger partial charge >= 0.3 is 12.4 Å². The van der Waals surface area contributed by atoms with Gasteiger partial charge in [0.1, 0.15) is 0 Å². The predicted molar refractivity (Wildman–Crippen MR) is 94.1 cm³/mol. The third-order valence-corrected chi connectivity index (χ3v) is 6.06. The number of allylic oxidation sites excluding steroid dienone is 2. The van der Waals surface area contributed by atoms with Gasteiger partial charge in [-0.25, -0.2) is 0 Å². The van der Waals surface area contributed by atoms with Gasteiger partial charge in [0.25, 0.3) is 0 Å². The Labute approximate surface area is 172 Å². The van der Waals surface area contributed by atoms with Crippen molar-refractivity contribution >= 4 is 23.4 Å². The minimum absolute atomic E-state index is 0.0571. The first-order valence-corrected chi connectivity index (χ1v) is 9.50. The lowest BCUT2D eigenvalue weighted by molar-refractivity contribution is -0.142. The monoisotopic (exact) mass is 446 g/mol. The Balaban J connectivity index is 1.49. The Bertz CT molecular complexity index is 922. The van der Waals surface area contributed by atoms with E-state index in [2.05, 4.69) is 0 Å². The highest BCUT2D eigenvalue weighted by molar-refractivity contribution is 6.06. The third-order valence-electron chi connectivity index (χ3n) is 6.06. The van der Waals surface area contributed by atoms with Gasteiger partial charge < -0.3 is 5.32 Å². The standard InChI is InChI=1S/C20H16F6N2O3/c21-19(22,23)11-2-1-3-12(20(24,25)26)16(11)27-13(29)6-7-28-17(30)14-9-4-5-10(8-9)15(14)18(28)31/h1-5,9-10,14-15H,6-8H2,(H,27,29)/t9-,10-,14-,15+/m0/s1. The average molecular weight is 446 g/mol. The fourth-order valence-corrected chi connectivity index (χ4v) is 4.76. The van der Waals surface area contributed by atoms with Crippen molar-refractivity contribution in [2.75, 3.05) is 11.9 Å². The van der Waals surface area contributed by atoms with Crippen LogP contribution < -0.4 is 5.32 Å². The number of imide groups is 1. The summed E-state index contributed by atoms with van der Waals surface area (Å²) < 4.78 is 79.1. The largest absolute Gasteiger partial charge is 0.418 e. The first kappa shape index (κ1) is 21.4. The molecule has 11 heteroatoms. The van der Waals surface area contributed by atoms with Gasteiger partial charge in [-0.3, -0.25) is 19.3 Å². The fraction of sp³-hybridized carbons (Fsp3) is 0.450. The highest BCUT2D eigenvalue weighted by Gasteiger charge is 2.59. The van der Waals surface area contributed by atoms with Crippen molar-refractivity contribution in [3.63, 3.8) is 0 Å². The van der Waals surface area contributed by atoms with E-state index in [0.29, 0.717) is 24.6 Å². The number of para-hydroxylation sites is 1. The van der Waals surface area contributed by atoms with Crippen LogP contribution in [0.1, 0.15) is 24.0 Å². The maximum Gasteiger partial charge on any atom is 0.418 e. The van der Waals surface area contributed by atoms with Crippen LogP contribution in [0.15, 0.2) is 30.4 Å². The van der Waals surface area contributed by atoms with Gasteiger partial charge in [-0.05, 0) is 30.4 Å². The summed E-state index contributed by atoms with van der Waals surface area (Å²) in [5, 5.41) is 1.69. The predicted octanol–water partition coefficient (Wildman–Crippen LogP) is 3.86. The van der Waals surface area contributed by atoms with Crippen LogP contribution >= 0.6 is 0 Å². The third kappa shape index (κ3) is 3.59. The van der Waals surface area contributed by atoms with Gasteiger partial charge in [0.05, 0.1) is 28.7 Å². The Morgan fingerprint density at radius 1 is 0.935 bits per heavy atom. The molecule has 0 spiro atoms. The molecule has 0 aromatic heterocycles. The summed E-state index contributed by atoms with van der Waals surface area (Å²) in [5.74, 6) is -3.20. The van der Waals surface area contributed by atoms with E-state index in [-0.39, 0.29) is 11.8 Å². The second-order valence-corrected chi connectivity index (χ2v) is 7.85. The number of nitrogens with zero attached hydrogens (tertiary/aromatic N) is 1. The molecule has 166 valence electrons. The number of nitrogens with one attached hydrogen (secondary N) is 1. The van der Waals surface area contributed by atoms with Crippen molar-refractivity contribution in [2.45, 2.75) is 25.2 Å². The molecule has 1 heterocycles. The van der Waals surface area contributed by atoms with Crippen molar-refractivity contribution in [3.8, 4) is 0 Å². The molecule has 3 aliphatic rings. The fourth-order valence-electron chi connectivity index (χ4n) is 4.76. The minimum atomic E-state index is -5.13. The van der Waals surface area contributed by atoms with Crippen molar-refractivity contribution in [1.82, 2.24) is 4.90 Å². The highest BCUT2D eigenvalue weighted by Crippen LogP contribution is 2.52. The molecule has 1 saturated heterocycles. The number of alkyl halides is 6. The lowest BCUT2D eigenvalue weighted by atomic mass is 9.85. The Morgan fingerprint density at radius 2 is 1.42 bits per heavy atom. The second kappa shape index (κ2) is 7.10. The Kier molecular flexibility index (Phi) is 4.90. The summed E-state index contributed by atoms with van der Waals surface area (Å²) in [6.45, 7) is -0.411. The van der Waals surface area contributed by atoms with Crippen LogP contribution in [0.2, 0.25) is 0 Å². The van der Waals surface area contributed by atoms with Crippen molar-refractivity contribution < 1.29 is 40.7 Å². The molecule has 1 N–H and O–H groups in total. The van der Waals surface area contributed by atoms with Gasteiger partial charge in [0.15, 0.2) is 0 Å². The zero-order valence-corrected chi connectivity index (χ0v) is 15.8. The smallest absolute Gasteiger partial charge is 0.325 e. The Hall–Kier alpha value is -2.85. The number of anilines is 1. The van der Waals surface area contributed by atoms with Crippen molar-refractivity contribution in [1.29, 1.82) is 0 Å². The maximum absolute atomic E-state index is 13.2. The molecular weight excluding hydrogens is 430 g/mol. The van der Waals surface area contributed by atoms with Crippen molar-refractivity contribution in [3.05, 3.63) is 41.5 Å². The highest BCUT2D eigenvalue weighted by atomic mass is 19.4. The molecule has 2 aliphatic carbocycles. The van der Waals surface area contributed by atoms with Crippen LogP contribution in [0.4, 0.5) is 32.0 Å². The number of fused-ring (bicyclic) bond motifs is 5. The van der Waals surface area contributed by atoms with Crippen LogP contribution in [0, 0.1) is 23.7 Å². The molecule has 1 aliphatic heterocycles. The van der Waals surface area contributed by atoms with Crippen molar-refractivity contribution in [2.24, 2.45) is 23.7 Å². The van der Waals surface area contributed by atoms with E-state index in [1.165, 1.54) is 0 Å². The van der Waals surface area contributed by atoms with Gasteiger partial charge in [-0.2, -0.15) is 26.3 Å². The molecule has 1 saturated carbocycles. The van der Waals surface area contributed by atoms with E-state index >= 15 is 0 Å². The van der Waals surface area contributed by atoms with E-state index < -0.39 is 71.7 Å². The zero-order valence-electron chi connectivity index (χ0n) is 15.8. The van der Waals surface area contributed by atoms with Gasteiger partial charge in [-0.15, -0.1) is 0 Å². The number of hydrogen-bond donors (Lipinski definition) is 1. The van der Waals surface area contributed by atoms with E-state index in [1.807, 2.05) is 12.2 Å². The van der Waals surface area contributed by atoms with Gasteiger partial charge in [0.2, 0.25) is 17.7 Å². The molecule has 0 unspecified atom stereocenters. The first-order valence-electron chi connectivity index (χ1n) is 9.50. The van der Waals surface area contributed by atoms with Gasteiger partial charge in [-0.1, -0.05) is 18.2 Å². The maximum atomic E-state index is 13.2. The molecule has 5 nitrogen and oxygen atoms in total. The summed E-state index contributed by atoms with van der Waals surface area (Å²) in [4.78, 5) is 38.3. The number of rotatable bonds is 4. The molecule has 2 bridgehead atoms. The average Bonchev–Trinajstić information content (AvgIpc) is 3.33. The number of carbonyl (C=O) groups excluding carboxylic acids is 3. The lowest BCUT2D eigenvalue weighted by Gasteiger charge is -2.20. The molecule has 31 heavy (non-hydrogen) atoms. The molecule has 4 rings (SSSR count). The van der Waals surface area contributed by atoms with E-state index in [9.17, 15) is 40.7 Å². The van der Waals surface area contributed by atoms with E-state index in [0.717, 1.165) is 4.90 Å². The SMILES string of the molecule is O=C(CCN1C(=O)[C@@H]2[C@H](C1=O)[C@H]1C=C[C@H]2C1)Nc1c(C(F)(F)F)cccc1C(F)(F)F. The molecule has 0 radical (unpaired) electrons. The summed E-state index contributed by atoms with van der Waals surface area (Å²) >= 11 is 0. The minimum Gasteiger partial charge on any atom is -0.325 e. The quantitative estimate of drug-likeness (QED) is 0.434. The van der Waals surface area contributed by atoms with Crippen LogP contribution in [0.5, 0.6) is 0 Å². The topological polar surface area (TPSA) is 66.5 Å². The first-order chi connectivity index (χ1) is 14.4. The molecule has 3 amide bonds. The summed E-state index contributed by atoms with van der Waals surface area (Å²) in [6.07, 6.45) is -6.43.